The zero-order valence-corrected chi connectivity index (χ0v) is 15.5. The summed E-state index contributed by atoms with van der Waals surface area (Å²) in [6, 6.07) is 11.4. The van der Waals surface area contributed by atoms with E-state index in [-0.39, 0.29) is 18.9 Å². The third kappa shape index (κ3) is 4.91. The predicted molar refractivity (Wildman–Crippen MR) is 98.1 cm³/mol. The fourth-order valence-corrected chi connectivity index (χ4v) is 2.43. The number of methoxy groups -OCH3 is 1. The molecule has 0 amide bonds. The third-order valence-electron chi connectivity index (χ3n) is 4.02. The van der Waals surface area contributed by atoms with E-state index in [1.807, 2.05) is 24.3 Å². The molecule has 0 N–H and O–H groups in total. The van der Waals surface area contributed by atoms with Gasteiger partial charge in [-0.25, -0.2) is 0 Å². The van der Waals surface area contributed by atoms with Crippen molar-refractivity contribution in [2.75, 3.05) is 7.11 Å². The molecule has 27 heavy (non-hydrogen) atoms. The van der Waals surface area contributed by atoms with Crippen LogP contribution in [-0.4, -0.2) is 28.2 Å². The molecule has 7 nitrogen and oxygen atoms in total. The molecule has 0 aliphatic rings. The number of carbonyl (C=O) groups excluding carboxylic acids is 1. The lowest BCUT2D eigenvalue weighted by molar-refractivity contribution is -0.145. The van der Waals surface area contributed by atoms with Gasteiger partial charge in [0.2, 0.25) is 5.82 Å². The van der Waals surface area contributed by atoms with Crippen molar-refractivity contribution in [1.29, 1.82) is 0 Å². The van der Waals surface area contributed by atoms with Crippen LogP contribution in [0, 0.1) is 0 Å². The van der Waals surface area contributed by atoms with E-state index in [9.17, 15) is 4.79 Å². The van der Waals surface area contributed by atoms with E-state index in [1.165, 1.54) is 5.56 Å². The molecule has 0 radical (unpaired) electrons. The van der Waals surface area contributed by atoms with Gasteiger partial charge in [0, 0.05) is 5.56 Å². The maximum atomic E-state index is 11.9. The Bertz CT molecular complexity index is 886. The summed E-state index contributed by atoms with van der Waals surface area (Å²) in [6.45, 7) is 4.20. The van der Waals surface area contributed by atoms with Crippen LogP contribution in [0.25, 0.3) is 11.4 Å². The molecule has 2 heterocycles. The molecule has 3 rings (SSSR count). The standard InChI is InChI=1S/C20H21N3O4/c1-13(2)14-4-6-15(7-5-14)20-22-18(27-23-20)12-26-19(24)10-16-8-9-17(25-3)11-21-16/h4-9,11,13H,10,12H2,1-3H3. The molecule has 0 unspecified atom stereocenters. The van der Waals surface area contributed by atoms with Crippen LogP contribution in [0.15, 0.2) is 47.1 Å². The highest BCUT2D eigenvalue weighted by molar-refractivity contribution is 5.71. The zero-order valence-electron chi connectivity index (χ0n) is 15.5. The Labute approximate surface area is 157 Å². The van der Waals surface area contributed by atoms with Crippen molar-refractivity contribution >= 4 is 5.97 Å². The fourth-order valence-electron chi connectivity index (χ4n) is 2.43. The van der Waals surface area contributed by atoms with E-state index in [1.54, 1.807) is 25.4 Å². The minimum Gasteiger partial charge on any atom is -0.495 e. The maximum absolute atomic E-state index is 11.9. The van der Waals surface area contributed by atoms with Crippen molar-refractivity contribution in [3.63, 3.8) is 0 Å². The Morgan fingerprint density at radius 2 is 1.93 bits per heavy atom. The summed E-state index contributed by atoms with van der Waals surface area (Å²) < 4.78 is 15.4. The Kier molecular flexibility index (Phi) is 5.80. The van der Waals surface area contributed by atoms with Crippen molar-refractivity contribution < 1.29 is 18.8 Å². The molecule has 7 heteroatoms. The van der Waals surface area contributed by atoms with Crippen LogP contribution >= 0.6 is 0 Å². The zero-order chi connectivity index (χ0) is 19.2. The molecule has 2 aromatic heterocycles. The van der Waals surface area contributed by atoms with Crippen LogP contribution in [0.3, 0.4) is 0 Å². The monoisotopic (exact) mass is 367 g/mol. The Morgan fingerprint density at radius 3 is 2.56 bits per heavy atom. The first-order valence-electron chi connectivity index (χ1n) is 8.62. The number of esters is 1. The highest BCUT2D eigenvalue weighted by atomic mass is 16.6. The molecule has 0 aliphatic carbocycles. The average Bonchev–Trinajstić information content (AvgIpc) is 3.16. The van der Waals surface area contributed by atoms with E-state index in [0.29, 0.717) is 23.2 Å². The van der Waals surface area contributed by atoms with Crippen LogP contribution in [0.5, 0.6) is 5.75 Å². The first-order valence-corrected chi connectivity index (χ1v) is 8.62. The third-order valence-corrected chi connectivity index (χ3v) is 4.02. The first kappa shape index (κ1) is 18.6. The lowest BCUT2D eigenvalue weighted by Crippen LogP contribution is -2.09. The number of aromatic nitrogens is 3. The van der Waals surface area contributed by atoms with E-state index in [4.69, 9.17) is 14.0 Å². The molecule has 1 aromatic carbocycles. The Balaban J connectivity index is 1.54. The smallest absolute Gasteiger partial charge is 0.312 e. The van der Waals surface area contributed by atoms with Crippen molar-refractivity contribution in [2.45, 2.75) is 32.8 Å². The summed E-state index contributed by atoms with van der Waals surface area (Å²) in [4.78, 5) is 20.3. The van der Waals surface area contributed by atoms with Gasteiger partial charge in [-0.1, -0.05) is 43.3 Å². The fraction of sp³-hybridized carbons (Fsp3) is 0.300. The molecule has 0 aliphatic heterocycles. The Morgan fingerprint density at radius 1 is 1.15 bits per heavy atom. The van der Waals surface area contributed by atoms with Gasteiger partial charge in [-0.3, -0.25) is 9.78 Å². The summed E-state index contributed by atoms with van der Waals surface area (Å²) >= 11 is 0. The lowest BCUT2D eigenvalue weighted by atomic mass is 10.0. The molecule has 0 saturated heterocycles. The number of benzene rings is 1. The van der Waals surface area contributed by atoms with Crippen LogP contribution in [0.1, 0.15) is 36.9 Å². The summed E-state index contributed by atoms with van der Waals surface area (Å²) in [7, 11) is 1.56. The highest BCUT2D eigenvalue weighted by Crippen LogP contribution is 2.20. The summed E-state index contributed by atoms with van der Waals surface area (Å²) in [5, 5.41) is 3.94. The average molecular weight is 367 g/mol. The minimum atomic E-state index is -0.422. The highest BCUT2D eigenvalue weighted by Gasteiger charge is 2.12. The molecular formula is C20H21N3O4. The second kappa shape index (κ2) is 8.44. The minimum absolute atomic E-state index is 0.0572. The SMILES string of the molecule is COc1ccc(CC(=O)OCc2nc(-c3ccc(C(C)C)cc3)no2)nc1. The quantitative estimate of drug-likeness (QED) is 0.590. The van der Waals surface area contributed by atoms with Gasteiger partial charge in [0.05, 0.1) is 25.4 Å². The maximum Gasteiger partial charge on any atom is 0.312 e. The second-order valence-corrected chi connectivity index (χ2v) is 6.32. The van der Waals surface area contributed by atoms with Crippen molar-refractivity contribution in [3.8, 4) is 17.1 Å². The van der Waals surface area contributed by atoms with Crippen LogP contribution in [0.2, 0.25) is 0 Å². The van der Waals surface area contributed by atoms with Crippen molar-refractivity contribution in [3.05, 3.63) is 59.7 Å². The van der Waals surface area contributed by atoms with E-state index >= 15 is 0 Å². The summed E-state index contributed by atoms with van der Waals surface area (Å²) in [5.74, 6) is 1.38. The number of hydrogen-bond donors (Lipinski definition) is 0. The van der Waals surface area contributed by atoms with Crippen molar-refractivity contribution in [1.82, 2.24) is 15.1 Å². The van der Waals surface area contributed by atoms with Gasteiger partial charge >= 0.3 is 5.97 Å². The van der Waals surface area contributed by atoms with Gasteiger partial charge in [0.1, 0.15) is 5.75 Å². The molecule has 0 atom stereocenters. The topological polar surface area (TPSA) is 87.3 Å². The number of pyridine rings is 1. The first-order chi connectivity index (χ1) is 13.0. The molecule has 0 saturated carbocycles. The van der Waals surface area contributed by atoms with E-state index in [0.717, 1.165) is 5.56 Å². The molecule has 140 valence electrons. The largest absolute Gasteiger partial charge is 0.495 e. The van der Waals surface area contributed by atoms with Crippen LogP contribution < -0.4 is 4.74 Å². The second-order valence-electron chi connectivity index (χ2n) is 6.32. The van der Waals surface area contributed by atoms with E-state index in [2.05, 4.69) is 29.0 Å². The number of ether oxygens (including phenoxy) is 2. The van der Waals surface area contributed by atoms with Gasteiger partial charge in [0.15, 0.2) is 6.61 Å². The van der Waals surface area contributed by atoms with Gasteiger partial charge in [-0.15, -0.1) is 0 Å². The number of nitrogens with zero attached hydrogens (tertiary/aromatic N) is 3. The van der Waals surface area contributed by atoms with Crippen LogP contribution in [-0.2, 0) is 22.6 Å². The van der Waals surface area contributed by atoms with Gasteiger partial charge in [-0.2, -0.15) is 4.98 Å². The van der Waals surface area contributed by atoms with Crippen molar-refractivity contribution in [2.24, 2.45) is 0 Å². The van der Waals surface area contributed by atoms with Gasteiger partial charge in [0.25, 0.3) is 5.89 Å². The van der Waals surface area contributed by atoms with Crippen LogP contribution in [0.4, 0.5) is 0 Å². The normalized spacial score (nSPS) is 10.8. The van der Waals surface area contributed by atoms with E-state index < -0.39 is 5.97 Å². The molecule has 0 bridgehead atoms. The Hall–Kier alpha value is -3.22. The predicted octanol–water partition coefficient (Wildman–Crippen LogP) is 3.55. The lowest BCUT2D eigenvalue weighted by Gasteiger charge is -2.04. The number of carbonyl (C=O) groups is 1. The molecule has 3 aromatic rings. The summed E-state index contributed by atoms with van der Waals surface area (Å²) in [5.41, 5.74) is 2.68. The molecule has 0 fully saturated rings. The molecule has 0 spiro atoms. The van der Waals surface area contributed by atoms with Gasteiger partial charge in [-0.05, 0) is 23.6 Å². The van der Waals surface area contributed by atoms with Gasteiger partial charge < -0.3 is 14.0 Å². The number of rotatable bonds is 7. The summed E-state index contributed by atoms with van der Waals surface area (Å²) in [6.07, 6.45) is 1.61. The number of hydrogen-bond acceptors (Lipinski definition) is 7. The molecular weight excluding hydrogens is 346 g/mol.